The van der Waals surface area contributed by atoms with E-state index in [1.165, 1.54) is 4.90 Å². The van der Waals surface area contributed by atoms with Crippen LogP contribution in [-0.4, -0.2) is 16.4 Å². The van der Waals surface area contributed by atoms with Gasteiger partial charge in [-0.2, -0.15) is 0 Å². The van der Waals surface area contributed by atoms with Gasteiger partial charge in [-0.15, -0.1) is 0 Å². The van der Waals surface area contributed by atoms with Gasteiger partial charge in [-0.25, -0.2) is 9.74 Å². The summed E-state index contributed by atoms with van der Waals surface area (Å²) in [5.41, 5.74) is 8.97. The average Bonchev–Trinajstić information content (AvgIpc) is 3.44. The minimum absolute atomic E-state index is 0.318. The van der Waals surface area contributed by atoms with Crippen molar-refractivity contribution >= 4 is 45.0 Å². The summed E-state index contributed by atoms with van der Waals surface area (Å²) in [4.78, 5) is 33.3. The molecular weight excluding hydrogens is 506 g/mol. The highest BCUT2D eigenvalue weighted by Crippen LogP contribution is 2.43. The molecule has 5 aromatic carbocycles. The molecule has 0 bridgehead atoms. The summed E-state index contributed by atoms with van der Waals surface area (Å²) in [5.74, 6) is -0.651. The number of carbonyl (C=O) groups excluding carboxylic acids is 2. The molecule has 0 spiro atoms. The Labute approximate surface area is 237 Å². The summed E-state index contributed by atoms with van der Waals surface area (Å²) >= 11 is 0. The third-order valence-electron chi connectivity index (χ3n) is 8.00. The van der Waals surface area contributed by atoms with Gasteiger partial charge in [0, 0.05) is 10.8 Å². The fourth-order valence-electron chi connectivity index (χ4n) is 6.47. The molecule has 7 rings (SSSR count). The lowest BCUT2D eigenvalue weighted by Gasteiger charge is -2.20. The summed E-state index contributed by atoms with van der Waals surface area (Å²) < 4.78 is 2.09. The molecule has 5 heteroatoms. The molecule has 0 unspecified atom stereocenters. The maximum absolute atomic E-state index is 14.3. The number of carbonyl (C=O) groups is 2. The highest BCUT2D eigenvalue weighted by atomic mass is 16.2. The molecule has 6 aromatic rings. The van der Waals surface area contributed by atoms with Crippen molar-refractivity contribution in [3.8, 4) is 16.8 Å². The highest BCUT2D eigenvalue weighted by molar-refractivity contribution is 6.36. The van der Waals surface area contributed by atoms with Crippen molar-refractivity contribution in [2.75, 3.05) is 4.90 Å². The summed E-state index contributed by atoms with van der Waals surface area (Å²) in [6.45, 7) is 13.7. The predicted molar refractivity (Wildman–Crippen MR) is 164 cm³/mol. The summed E-state index contributed by atoms with van der Waals surface area (Å²) in [6.07, 6.45) is 0. The number of benzene rings is 5. The van der Waals surface area contributed by atoms with E-state index in [1.54, 1.807) is 6.07 Å². The number of hydrogen-bond donors (Lipinski definition) is 0. The van der Waals surface area contributed by atoms with Crippen LogP contribution in [0.4, 0.5) is 11.4 Å². The van der Waals surface area contributed by atoms with Gasteiger partial charge in [-0.1, -0.05) is 84.4 Å². The number of aromatic nitrogens is 1. The van der Waals surface area contributed by atoms with Gasteiger partial charge in [0.15, 0.2) is 5.69 Å². The van der Waals surface area contributed by atoms with Gasteiger partial charge < -0.3 is 4.57 Å². The zero-order valence-electron chi connectivity index (χ0n) is 22.9. The SMILES string of the molecule is [C-]#[N+]c1ccccc1-c1cccc2c3ccccc3n(-c3cccc4c3C(=O)N(c3c(C)cc(C)cc3C)C4=O)c12. The number of nitrogens with zero attached hydrogens (tertiary/aromatic N) is 3. The van der Waals surface area contributed by atoms with Crippen LogP contribution in [0.25, 0.3) is 43.5 Å². The lowest BCUT2D eigenvalue weighted by atomic mass is 10.00. The molecule has 0 atom stereocenters. The van der Waals surface area contributed by atoms with E-state index in [1.807, 2.05) is 99.6 Å². The van der Waals surface area contributed by atoms with Crippen LogP contribution < -0.4 is 4.90 Å². The number of imide groups is 1. The molecule has 5 nitrogen and oxygen atoms in total. The predicted octanol–water partition coefficient (Wildman–Crippen LogP) is 8.73. The van der Waals surface area contributed by atoms with E-state index in [0.717, 1.165) is 49.6 Å². The van der Waals surface area contributed by atoms with Gasteiger partial charge in [0.05, 0.1) is 40.1 Å². The number of amides is 2. The number of fused-ring (bicyclic) bond motifs is 4. The Kier molecular flexibility index (Phi) is 5.42. The smallest absolute Gasteiger partial charge is 0.268 e. The summed E-state index contributed by atoms with van der Waals surface area (Å²) in [6, 6.07) is 31.2. The average molecular weight is 532 g/mol. The van der Waals surface area contributed by atoms with Crippen LogP contribution in [0.15, 0.2) is 97.1 Å². The lowest BCUT2D eigenvalue weighted by molar-refractivity contribution is 0.0925. The monoisotopic (exact) mass is 531 g/mol. The Morgan fingerprint density at radius 3 is 2.07 bits per heavy atom. The van der Waals surface area contributed by atoms with E-state index in [-0.39, 0.29) is 11.8 Å². The van der Waals surface area contributed by atoms with Crippen molar-refractivity contribution in [2.45, 2.75) is 20.8 Å². The first-order valence-corrected chi connectivity index (χ1v) is 13.5. The maximum atomic E-state index is 14.3. The molecule has 0 N–H and O–H groups in total. The van der Waals surface area contributed by atoms with Crippen molar-refractivity contribution in [3.63, 3.8) is 0 Å². The maximum Gasteiger partial charge on any atom is 0.268 e. The molecule has 0 saturated heterocycles. The molecule has 0 saturated carbocycles. The second-order valence-electron chi connectivity index (χ2n) is 10.6. The van der Waals surface area contributed by atoms with Crippen LogP contribution in [0.3, 0.4) is 0 Å². The van der Waals surface area contributed by atoms with Crippen LogP contribution in [0.2, 0.25) is 0 Å². The first kappa shape index (κ1) is 24.6. The van der Waals surface area contributed by atoms with Crippen LogP contribution in [0.5, 0.6) is 0 Å². The molecule has 0 radical (unpaired) electrons. The number of hydrogen-bond acceptors (Lipinski definition) is 2. The topological polar surface area (TPSA) is 46.7 Å². The molecular formula is C36H25N3O2. The van der Waals surface area contributed by atoms with Crippen molar-refractivity contribution < 1.29 is 9.59 Å². The zero-order valence-corrected chi connectivity index (χ0v) is 22.9. The van der Waals surface area contributed by atoms with Crippen LogP contribution in [0.1, 0.15) is 37.4 Å². The normalized spacial score (nSPS) is 12.8. The molecule has 0 fully saturated rings. The molecule has 2 heterocycles. The molecule has 196 valence electrons. The van der Waals surface area contributed by atoms with E-state index >= 15 is 0 Å². The minimum Gasteiger partial charge on any atom is -0.308 e. The van der Waals surface area contributed by atoms with E-state index in [0.29, 0.717) is 28.2 Å². The number of para-hydroxylation sites is 3. The molecule has 2 amide bonds. The first-order chi connectivity index (χ1) is 19.9. The fraction of sp³-hybridized carbons (Fsp3) is 0.0833. The molecule has 41 heavy (non-hydrogen) atoms. The summed E-state index contributed by atoms with van der Waals surface area (Å²) in [5, 5.41) is 2.04. The summed E-state index contributed by atoms with van der Waals surface area (Å²) in [7, 11) is 0. The van der Waals surface area contributed by atoms with Crippen molar-refractivity contribution in [1.82, 2.24) is 4.57 Å². The Hall–Kier alpha value is -5.47. The Balaban J connectivity index is 1.56. The lowest BCUT2D eigenvalue weighted by Crippen LogP contribution is -2.31. The minimum atomic E-state index is -0.333. The zero-order chi connectivity index (χ0) is 28.4. The van der Waals surface area contributed by atoms with Crippen LogP contribution in [0, 0.1) is 27.3 Å². The van der Waals surface area contributed by atoms with Crippen molar-refractivity contribution in [3.05, 3.63) is 136 Å². The second-order valence-corrected chi connectivity index (χ2v) is 10.6. The van der Waals surface area contributed by atoms with E-state index in [4.69, 9.17) is 6.57 Å². The number of aryl methyl sites for hydroxylation is 3. The van der Waals surface area contributed by atoms with Crippen molar-refractivity contribution in [2.24, 2.45) is 0 Å². The fourth-order valence-corrected chi connectivity index (χ4v) is 6.47. The second kappa shape index (κ2) is 9.04. The van der Waals surface area contributed by atoms with Crippen LogP contribution >= 0.6 is 0 Å². The Morgan fingerprint density at radius 1 is 0.659 bits per heavy atom. The van der Waals surface area contributed by atoms with Gasteiger partial charge in [0.1, 0.15) is 0 Å². The number of anilines is 1. The van der Waals surface area contributed by atoms with E-state index in [2.05, 4.69) is 21.5 Å². The van der Waals surface area contributed by atoms with Gasteiger partial charge in [-0.3, -0.25) is 9.59 Å². The highest BCUT2D eigenvalue weighted by Gasteiger charge is 2.40. The van der Waals surface area contributed by atoms with E-state index < -0.39 is 0 Å². The van der Waals surface area contributed by atoms with Gasteiger partial charge in [-0.05, 0) is 61.2 Å². The van der Waals surface area contributed by atoms with Gasteiger partial charge in [0.25, 0.3) is 11.8 Å². The number of rotatable bonds is 3. The molecule has 1 aliphatic rings. The third-order valence-corrected chi connectivity index (χ3v) is 8.00. The Morgan fingerprint density at radius 2 is 1.29 bits per heavy atom. The van der Waals surface area contributed by atoms with Gasteiger partial charge in [0.2, 0.25) is 0 Å². The first-order valence-electron chi connectivity index (χ1n) is 13.5. The largest absolute Gasteiger partial charge is 0.308 e. The molecule has 1 aliphatic heterocycles. The Bertz CT molecular complexity index is 2120. The third kappa shape index (κ3) is 3.48. The molecule has 0 aliphatic carbocycles. The van der Waals surface area contributed by atoms with E-state index in [9.17, 15) is 9.59 Å². The molecule has 1 aromatic heterocycles. The quantitative estimate of drug-likeness (QED) is 0.169. The van der Waals surface area contributed by atoms with Crippen molar-refractivity contribution in [1.29, 1.82) is 0 Å². The van der Waals surface area contributed by atoms with Gasteiger partial charge >= 0.3 is 0 Å². The van der Waals surface area contributed by atoms with Crippen LogP contribution in [-0.2, 0) is 0 Å². The standard InChI is InChI=1S/C36H25N3O2/c1-21-19-22(2)33(23(3)20-21)39-35(40)28-15-10-18-31(32(28)36(39)41)38-30-17-8-6-12-25(30)27-14-9-13-26(34(27)38)24-11-5-7-16-29(24)37-4/h5-20H,1-3H3.